The first-order valence-electron chi connectivity index (χ1n) is 7.24. The number of aromatic nitrogens is 2. The molecule has 1 atom stereocenters. The molecule has 0 radical (unpaired) electrons. The number of benzene rings is 2. The second-order valence-electron chi connectivity index (χ2n) is 5.26. The highest BCUT2D eigenvalue weighted by atomic mass is 35.5. The van der Waals surface area contributed by atoms with Crippen LogP contribution in [0.1, 0.15) is 0 Å². The van der Waals surface area contributed by atoms with Crippen LogP contribution in [0.3, 0.4) is 0 Å². The SMILES string of the molecule is O=c1c2ccc(Cl)cc2ncn1C[C@@H](O)COc1ccccc1F. The number of fused-ring (bicyclic) bond motifs is 1. The predicted molar refractivity (Wildman–Crippen MR) is 88.9 cm³/mol. The van der Waals surface area contributed by atoms with E-state index in [9.17, 15) is 14.3 Å². The molecule has 0 fully saturated rings. The highest BCUT2D eigenvalue weighted by Crippen LogP contribution is 2.16. The van der Waals surface area contributed by atoms with Gasteiger partial charge in [-0.1, -0.05) is 23.7 Å². The summed E-state index contributed by atoms with van der Waals surface area (Å²) in [6.07, 6.45) is 0.349. The highest BCUT2D eigenvalue weighted by Gasteiger charge is 2.11. The van der Waals surface area contributed by atoms with Crippen molar-refractivity contribution >= 4 is 22.5 Å². The Morgan fingerprint density at radius 3 is 2.88 bits per heavy atom. The normalized spacial score (nSPS) is 12.3. The molecular formula is C17H14ClFN2O3. The summed E-state index contributed by atoms with van der Waals surface area (Å²) in [7, 11) is 0. The number of halogens is 2. The van der Waals surface area contributed by atoms with Crippen molar-refractivity contribution in [1.29, 1.82) is 0 Å². The van der Waals surface area contributed by atoms with Crippen molar-refractivity contribution < 1.29 is 14.2 Å². The third kappa shape index (κ3) is 3.55. The molecule has 124 valence electrons. The molecule has 0 amide bonds. The van der Waals surface area contributed by atoms with Crippen molar-refractivity contribution in [3.05, 3.63) is 70.0 Å². The first-order valence-corrected chi connectivity index (χ1v) is 7.62. The van der Waals surface area contributed by atoms with E-state index in [0.717, 1.165) is 0 Å². The van der Waals surface area contributed by atoms with Crippen LogP contribution >= 0.6 is 11.6 Å². The van der Waals surface area contributed by atoms with Gasteiger partial charge in [0.25, 0.3) is 5.56 Å². The van der Waals surface area contributed by atoms with E-state index < -0.39 is 11.9 Å². The van der Waals surface area contributed by atoms with Crippen molar-refractivity contribution in [3.8, 4) is 5.75 Å². The van der Waals surface area contributed by atoms with E-state index in [1.54, 1.807) is 30.3 Å². The van der Waals surface area contributed by atoms with Gasteiger partial charge in [0.15, 0.2) is 11.6 Å². The summed E-state index contributed by atoms with van der Waals surface area (Å²) in [4.78, 5) is 16.5. The van der Waals surface area contributed by atoms with Crippen LogP contribution in [0.25, 0.3) is 10.9 Å². The van der Waals surface area contributed by atoms with Gasteiger partial charge in [0.1, 0.15) is 12.7 Å². The molecule has 0 saturated heterocycles. The molecule has 0 unspecified atom stereocenters. The Kier molecular flexibility index (Phi) is 4.78. The molecule has 7 heteroatoms. The summed E-state index contributed by atoms with van der Waals surface area (Å²) in [5.74, 6) is -0.457. The zero-order valence-electron chi connectivity index (χ0n) is 12.5. The average molecular weight is 349 g/mol. The molecular weight excluding hydrogens is 335 g/mol. The quantitative estimate of drug-likeness (QED) is 0.770. The third-order valence-electron chi connectivity index (χ3n) is 3.46. The van der Waals surface area contributed by atoms with E-state index in [2.05, 4.69) is 4.98 Å². The van der Waals surface area contributed by atoms with Crippen LogP contribution in [0, 0.1) is 5.82 Å². The summed E-state index contributed by atoms with van der Waals surface area (Å²) >= 11 is 5.87. The summed E-state index contributed by atoms with van der Waals surface area (Å²) in [5.41, 5.74) is 0.197. The molecule has 1 heterocycles. The molecule has 3 rings (SSSR count). The highest BCUT2D eigenvalue weighted by molar-refractivity contribution is 6.31. The van der Waals surface area contributed by atoms with Crippen molar-refractivity contribution in [1.82, 2.24) is 9.55 Å². The zero-order valence-corrected chi connectivity index (χ0v) is 13.3. The first kappa shape index (κ1) is 16.4. The van der Waals surface area contributed by atoms with E-state index in [1.165, 1.54) is 23.0 Å². The number of hydrogen-bond acceptors (Lipinski definition) is 4. The lowest BCUT2D eigenvalue weighted by atomic mass is 10.2. The molecule has 3 aromatic rings. The number of para-hydroxylation sites is 1. The van der Waals surface area contributed by atoms with Gasteiger partial charge in [0, 0.05) is 5.02 Å². The van der Waals surface area contributed by atoms with E-state index in [0.29, 0.717) is 15.9 Å². The van der Waals surface area contributed by atoms with E-state index >= 15 is 0 Å². The van der Waals surface area contributed by atoms with E-state index in [4.69, 9.17) is 16.3 Å². The number of rotatable bonds is 5. The van der Waals surface area contributed by atoms with E-state index in [-0.39, 0.29) is 24.5 Å². The number of aliphatic hydroxyl groups is 1. The molecule has 0 saturated carbocycles. The van der Waals surface area contributed by atoms with Crippen LogP contribution in [0.2, 0.25) is 5.02 Å². The maximum Gasteiger partial charge on any atom is 0.261 e. The Balaban J connectivity index is 1.72. The number of hydrogen-bond donors (Lipinski definition) is 1. The molecule has 0 aliphatic heterocycles. The maximum atomic E-state index is 13.5. The Hall–Kier alpha value is -2.44. The van der Waals surface area contributed by atoms with Crippen molar-refractivity contribution in [2.24, 2.45) is 0 Å². The number of ether oxygens (including phenoxy) is 1. The summed E-state index contributed by atoms with van der Waals surface area (Å²) < 4.78 is 20.0. The Morgan fingerprint density at radius 1 is 1.29 bits per heavy atom. The fourth-order valence-electron chi connectivity index (χ4n) is 2.29. The maximum absolute atomic E-state index is 13.5. The smallest absolute Gasteiger partial charge is 0.261 e. The Morgan fingerprint density at radius 2 is 2.08 bits per heavy atom. The van der Waals surface area contributed by atoms with Gasteiger partial charge >= 0.3 is 0 Å². The molecule has 0 aliphatic rings. The largest absolute Gasteiger partial charge is 0.488 e. The summed E-state index contributed by atoms with van der Waals surface area (Å²) in [5, 5.41) is 10.9. The standard InChI is InChI=1S/C17H14ClFN2O3/c18-11-5-6-13-15(7-11)20-10-21(17(13)23)8-12(22)9-24-16-4-2-1-3-14(16)19/h1-7,10,12,22H,8-9H2/t12-/m1/s1. The van der Waals surface area contributed by atoms with Gasteiger partial charge in [-0.05, 0) is 30.3 Å². The molecule has 2 aromatic carbocycles. The second-order valence-corrected chi connectivity index (χ2v) is 5.70. The number of aliphatic hydroxyl groups excluding tert-OH is 1. The lowest BCUT2D eigenvalue weighted by molar-refractivity contribution is 0.0895. The minimum atomic E-state index is -0.992. The predicted octanol–water partition coefficient (Wildman–Crippen LogP) is 2.63. The van der Waals surface area contributed by atoms with Crippen LogP contribution < -0.4 is 10.3 Å². The van der Waals surface area contributed by atoms with Gasteiger partial charge in [-0.15, -0.1) is 0 Å². The van der Waals surface area contributed by atoms with Crippen LogP contribution in [-0.2, 0) is 6.54 Å². The fourth-order valence-corrected chi connectivity index (χ4v) is 2.46. The Bertz CT molecular complexity index is 929. The van der Waals surface area contributed by atoms with Crippen molar-refractivity contribution in [2.75, 3.05) is 6.61 Å². The van der Waals surface area contributed by atoms with Crippen LogP contribution in [0.5, 0.6) is 5.75 Å². The van der Waals surface area contributed by atoms with Crippen molar-refractivity contribution in [2.45, 2.75) is 12.6 Å². The molecule has 1 aromatic heterocycles. The molecule has 0 aliphatic carbocycles. The number of nitrogens with zero attached hydrogens (tertiary/aromatic N) is 2. The van der Waals surface area contributed by atoms with Crippen molar-refractivity contribution in [3.63, 3.8) is 0 Å². The fraction of sp³-hybridized carbons (Fsp3) is 0.176. The monoisotopic (exact) mass is 348 g/mol. The molecule has 0 bridgehead atoms. The molecule has 0 spiro atoms. The van der Waals surface area contributed by atoms with Gasteiger partial charge < -0.3 is 9.84 Å². The minimum Gasteiger partial charge on any atom is -0.488 e. The van der Waals surface area contributed by atoms with Gasteiger partial charge in [0.2, 0.25) is 0 Å². The lowest BCUT2D eigenvalue weighted by Gasteiger charge is -2.14. The minimum absolute atomic E-state index is 0.0150. The average Bonchev–Trinajstić information content (AvgIpc) is 2.56. The Labute approximate surface area is 141 Å². The second kappa shape index (κ2) is 6.98. The summed E-state index contributed by atoms with van der Waals surface area (Å²) in [6.45, 7) is -0.162. The zero-order chi connectivity index (χ0) is 17.1. The van der Waals surface area contributed by atoms with Crippen LogP contribution in [-0.4, -0.2) is 27.4 Å². The van der Waals surface area contributed by atoms with Gasteiger partial charge in [-0.3, -0.25) is 9.36 Å². The third-order valence-corrected chi connectivity index (χ3v) is 3.70. The van der Waals surface area contributed by atoms with Gasteiger partial charge in [-0.25, -0.2) is 9.37 Å². The van der Waals surface area contributed by atoms with Crippen LogP contribution in [0.15, 0.2) is 53.6 Å². The topological polar surface area (TPSA) is 64.4 Å². The van der Waals surface area contributed by atoms with Gasteiger partial charge in [0.05, 0.1) is 23.8 Å². The van der Waals surface area contributed by atoms with Crippen LogP contribution in [0.4, 0.5) is 4.39 Å². The molecule has 24 heavy (non-hydrogen) atoms. The molecule has 1 N–H and O–H groups in total. The summed E-state index contributed by atoms with van der Waals surface area (Å²) in [6, 6.07) is 10.7. The molecule has 5 nitrogen and oxygen atoms in total. The first-order chi connectivity index (χ1) is 11.5. The van der Waals surface area contributed by atoms with E-state index in [1.807, 2.05) is 0 Å². The van der Waals surface area contributed by atoms with Gasteiger partial charge in [-0.2, -0.15) is 0 Å². The lowest BCUT2D eigenvalue weighted by Crippen LogP contribution is -2.30.